The van der Waals surface area contributed by atoms with Gasteiger partial charge in [0.1, 0.15) is 0 Å². The van der Waals surface area contributed by atoms with Crippen molar-refractivity contribution in [2.75, 3.05) is 26.0 Å². The third-order valence-corrected chi connectivity index (χ3v) is 4.65. The summed E-state index contributed by atoms with van der Waals surface area (Å²) in [4.78, 5) is 43.1. The van der Waals surface area contributed by atoms with E-state index in [0.29, 0.717) is 23.4 Å². The van der Waals surface area contributed by atoms with Crippen LogP contribution in [0.25, 0.3) is 0 Å². The number of amides is 3. The van der Waals surface area contributed by atoms with Crippen LogP contribution in [0.1, 0.15) is 13.8 Å². The fourth-order valence-electron chi connectivity index (χ4n) is 2.36. The molecular formula is C14H19ClN4O4S. The highest BCUT2D eigenvalue weighted by molar-refractivity contribution is 8.14. The molecule has 0 aromatic carbocycles. The summed E-state index contributed by atoms with van der Waals surface area (Å²) in [6, 6.07) is -1.14. The Bertz CT molecular complexity index is 606. The minimum absolute atomic E-state index is 0.0749. The zero-order chi connectivity index (χ0) is 17.9. The number of rotatable bonds is 5. The summed E-state index contributed by atoms with van der Waals surface area (Å²) in [6.07, 6.45) is 1.12. The number of halogens is 1. The number of imide groups is 1. The molecule has 2 heterocycles. The number of hydrogen-bond acceptors (Lipinski definition) is 7. The van der Waals surface area contributed by atoms with E-state index in [0.717, 1.165) is 0 Å². The van der Waals surface area contributed by atoms with E-state index in [-0.39, 0.29) is 11.7 Å². The molecule has 24 heavy (non-hydrogen) atoms. The Balaban J connectivity index is 2.20. The van der Waals surface area contributed by atoms with Gasteiger partial charge in [0.2, 0.25) is 0 Å². The van der Waals surface area contributed by atoms with Crippen molar-refractivity contribution in [3.8, 4) is 0 Å². The Morgan fingerprint density at radius 3 is 2.83 bits per heavy atom. The first-order valence-electron chi connectivity index (χ1n) is 7.38. The molecule has 0 aliphatic carbocycles. The van der Waals surface area contributed by atoms with E-state index in [1.807, 2.05) is 0 Å². The molecule has 0 bridgehead atoms. The zero-order valence-corrected chi connectivity index (χ0v) is 15.2. The van der Waals surface area contributed by atoms with Crippen LogP contribution >= 0.6 is 23.4 Å². The van der Waals surface area contributed by atoms with Gasteiger partial charge in [0.25, 0.3) is 5.91 Å². The summed E-state index contributed by atoms with van der Waals surface area (Å²) >= 11 is 7.06. The van der Waals surface area contributed by atoms with Gasteiger partial charge >= 0.3 is 12.0 Å². The van der Waals surface area contributed by atoms with Crippen molar-refractivity contribution in [1.82, 2.24) is 15.1 Å². The highest BCUT2D eigenvalue weighted by Gasteiger charge is 2.48. The van der Waals surface area contributed by atoms with Crippen molar-refractivity contribution < 1.29 is 19.1 Å². The third kappa shape index (κ3) is 4.02. The van der Waals surface area contributed by atoms with Crippen molar-refractivity contribution in [3.05, 3.63) is 11.1 Å². The van der Waals surface area contributed by atoms with Gasteiger partial charge < -0.3 is 14.5 Å². The van der Waals surface area contributed by atoms with E-state index in [4.69, 9.17) is 16.3 Å². The van der Waals surface area contributed by atoms with Crippen LogP contribution in [0.3, 0.4) is 0 Å². The van der Waals surface area contributed by atoms with Gasteiger partial charge in [0.05, 0.1) is 12.4 Å². The average Bonchev–Trinajstić information content (AvgIpc) is 2.88. The second kappa shape index (κ2) is 7.89. The van der Waals surface area contributed by atoms with Crippen LogP contribution in [-0.2, 0) is 14.3 Å². The number of nitrogens with zero attached hydrogens (tertiary/aromatic N) is 3. The number of allylic oxidation sites excluding steroid dienone is 1. The molecule has 3 amide bonds. The number of thioether (sulfide) groups is 1. The first kappa shape index (κ1) is 18.6. The maximum atomic E-state index is 12.2. The van der Waals surface area contributed by atoms with E-state index in [2.05, 4.69) is 10.3 Å². The van der Waals surface area contributed by atoms with Crippen LogP contribution in [0, 0.1) is 0 Å². The van der Waals surface area contributed by atoms with E-state index in [1.54, 1.807) is 31.9 Å². The zero-order valence-electron chi connectivity index (χ0n) is 13.6. The van der Waals surface area contributed by atoms with Crippen molar-refractivity contribution in [1.29, 1.82) is 0 Å². The Morgan fingerprint density at radius 1 is 1.50 bits per heavy atom. The molecule has 0 saturated carbocycles. The normalized spacial score (nSPS) is 23.8. The lowest BCUT2D eigenvalue weighted by atomic mass is 10.1. The Kier molecular flexibility index (Phi) is 6.11. The number of ether oxygens (including phenoxy) is 1. The standard InChI is InChI=1S/C14H19ClN4O4S/c1-4-23-9(20)7-24-14-16-11-10(19(14)6-5-8(2)15)12(21)17-13(22)18(11)3/h5,10-11H,4,6-7H2,1-3H3,(H,17,21,22)/b8-5-. The molecule has 0 spiro atoms. The summed E-state index contributed by atoms with van der Waals surface area (Å²) in [6.45, 7) is 4.11. The van der Waals surface area contributed by atoms with Crippen LogP contribution in [0.2, 0.25) is 0 Å². The van der Waals surface area contributed by atoms with Crippen LogP contribution in [0.5, 0.6) is 0 Å². The average molecular weight is 375 g/mol. The van der Waals surface area contributed by atoms with E-state index < -0.39 is 24.1 Å². The minimum Gasteiger partial charge on any atom is -0.465 e. The van der Waals surface area contributed by atoms with Gasteiger partial charge in [-0.3, -0.25) is 14.9 Å². The number of fused-ring (bicyclic) bond motifs is 1. The Labute approximate surface area is 149 Å². The smallest absolute Gasteiger partial charge is 0.325 e. The molecule has 0 radical (unpaired) electrons. The number of carbonyl (C=O) groups is 3. The molecule has 1 N–H and O–H groups in total. The van der Waals surface area contributed by atoms with Gasteiger partial charge in [-0.1, -0.05) is 29.4 Å². The Hall–Kier alpha value is -1.74. The molecule has 0 aromatic heterocycles. The predicted molar refractivity (Wildman–Crippen MR) is 91.7 cm³/mol. The quantitative estimate of drug-likeness (QED) is 0.721. The number of nitrogens with one attached hydrogen (secondary N) is 1. The highest BCUT2D eigenvalue weighted by Crippen LogP contribution is 2.28. The molecule has 2 aliphatic rings. The second-order valence-electron chi connectivity index (χ2n) is 5.21. The van der Waals surface area contributed by atoms with Crippen LogP contribution in [-0.4, -0.2) is 71.0 Å². The maximum absolute atomic E-state index is 12.2. The van der Waals surface area contributed by atoms with Crippen LogP contribution < -0.4 is 5.32 Å². The summed E-state index contributed by atoms with van der Waals surface area (Å²) in [5.74, 6) is -0.706. The number of hydrogen-bond donors (Lipinski definition) is 1. The molecule has 8 nitrogen and oxygen atoms in total. The van der Waals surface area contributed by atoms with E-state index in [1.165, 1.54) is 16.7 Å². The van der Waals surface area contributed by atoms with Gasteiger partial charge in [-0.2, -0.15) is 0 Å². The lowest BCUT2D eigenvalue weighted by Gasteiger charge is -2.35. The fraction of sp³-hybridized carbons (Fsp3) is 0.571. The maximum Gasteiger partial charge on any atom is 0.325 e. The van der Waals surface area contributed by atoms with Gasteiger partial charge in [-0.15, -0.1) is 0 Å². The second-order valence-corrected chi connectivity index (χ2v) is 6.75. The SMILES string of the molecule is CCOC(=O)CSC1=NC2C(C(=O)NC(=O)N2C)N1C/C=C(/C)Cl. The number of amidine groups is 1. The molecule has 2 rings (SSSR count). The van der Waals surface area contributed by atoms with E-state index >= 15 is 0 Å². The van der Waals surface area contributed by atoms with Crippen molar-refractivity contribution >= 4 is 46.4 Å². The number of likely N-dealkylation sites (N-methyl/N-ethyl adjacent to an activating group) is 1. The first-order chi connectivity index (χ1) is 11.3. The van der Waals surface area contributed by atoms with Crippen LogP contribution in [0.15, 0.2) is 16.1 Å². The molecule has 132 valence electrons. The molecular weight excluding hydrogens is 356 g/mol. The lowest BCUT2D eigenvalue weighted by molar-refractivity contribution is -0.139. The first-order valence-corrected chi connectivity index (χ1v) is 8.74. The summed E-state index contributed by atoms with van der Waals surface area (Å²) in [5.41, 5.74) is 0. The Morgan fingerprint density at radius 2 is 2.21 bits per heavy atom. The monoisotopic (exact) mass is 374 g/mol. The molecule has 1 fully saturated rings. The molecule has 10 heteroatoms. The third-order valence-electron chi connectivity index (χ3n) is 3.52. The van der Waals surface area contributed by atoms with E-state index in [9.17, 15) is 14.4 Å². The molecule has 0 aromatic rings. The topological polar surface area (TPSA) is 91.3 Å². The number of urea groups is 1. The molecule has 2 aliphatic heterocycles. The minimum atomic E-state index is -0.648. The molecule has 2 atom stereocenters. The van der Waals surface area contributed by atoms with Crippen molar-refractivity contribution in [2.24, 2.45) is 4.99 Å². The largest absolute Gasteiger partial charge is 0.465 e. The van der Waals surface area contributed by atoms with Crippen molar-refractivity contribution in [3.63, 3.8) is 0 Å². The fourth-order valence-corrected chi connectivity index (χ4v) is 3.30. The number of aliphatic imine (C=N–C) groups is 1. The number of carbonyl (C=O) groups excluding carboxylic acids is 3. The molecule has 2 unspecified atom stereocenters. The number of esters is 1. The summed E-state index contributed by atoms with van der Waals surface area (Å²) in [7, 11) is 1.57. The van der Waals surface area contributed by atoms with Gasteiger partial charge in [-0.05, 0) is 13.8 Å². The van der Waals surface area contributed by atoms with Gasteiger partial charge in [0.15, 0.2) is 17.4 Å². The van der Waals surface area contributed by atoms with Gasteiger partial charge in [-0.25, -0.2) is 9.79 Å². The predicted octanol–water partition coefficient (Wildman–Crippen LogP) is 0.973. The van der Waals surface area contributed by atoms with Crippen molar-refractivity contribution in [2.45, 2.75) is 26.1 Å². The van der Waals surface area contributed by atoms with Crippen LogP contribution in [0.4, 0.5) is 4.79 Å². The molecule has 1 saturated heterocycles. The summed E-state index contributed by atoms with van der Waals surface area (Å²) < 4.78 is 4.90. The van der Waals surface area contributed by atoms with Gasteiger partial charge in [0, 0.05) is 18.6 Å². The lowest BCUT2D eigenvalue weighted by Crippen LogP contribution is -2.63. The summed E-state index contributed by atoms with van der Waals surface area (Å²) in [5, 5.41) is 3.38. The highest BCUT2D eigenvalue weighted by atomic mass is 35.5.